The number of carbonyl (C=O) groups is 2. The fourth-order valence-electron chi connectivity index (χ4n) is 4.98. The molecule has 12 heteroatoms. The molecule has 0 aliphatic heterocycles. The summed E-state index contributed by atoms with van der Waals surface area (Å²) in [6, 6.07) is 25.7. The van der Waals surface area contributed by atoms with Gasteiger partial charge in [-0.3, -0.25) is 13.9 Å². The molecule has 0 aromatic heterocycles. The molecular weight excluding hydrogens is 661 g/mol. The van der Waals surface area contributed by atoms with Crippen LogP contribution in [0.25, 0.3) is 0 Å². The maximum absolute atomic E-state index is 14.6. The van der Waals surface area contributed by atoms with Crippen molar-refractivity contribution in [3.8, 4) is 11.5 Å². The van der Waals surface area contributed by atoms with Crippen molar-refractivity contribution in [2.24, 2.45) is 0 Å². The summed E-state index contributed by atoms with van der Waals surface area (Å²) in [6.07, 6.45) is 0.862. The van der Waals surface area contributed by atoms with E-state index in [0.717, 1.165) is 9.87 Å². The van der Waals surface area contributed by atoms with Crippen molar-refractivity contribution < 1.29 is 27.5 Å². The third-order valence-electron chi connectivity index (χ3n) is 7.42. The molecule has 1 atom stereocenters. The van der Waals surface area contributed by atoms with Gasteiger partial charge in [-0.05, 0) is 53.9 Å². The first-order valence-electron chi connectivity index (χ1n) is 14.9. The van der Waals surface area contributed by atoms with Gasteiger partial charge in [0.2, 0.25) is 11.8 Å². The van der Waals surface area contributed by atoms with Gasteiger partial charge in [-0.15, -0.1) is 0 Å². The molecule has 0 aliphatic carbocycles. The Morgan fingerprint density at radius 3 is 2.13 bits per heavy atom. The summed E-state index contributed by atoms with van der Waals surface area (Å²) in [7, 11) is -1.47. The number of hydrogen-bond donors (Lipinski definition) is 1. The van der Waals surface area contributed by atoms with Crippen LogP contribution in [-0.4, -0.2) is 58.5 Å². The summed E-state index contributed by atoms with van der Waals surface area (Å²) in [5.41, 5.74) is 1.51. The van der Waals surface area contributed by atoms with Crippen LogP contribution in [0.3, 0.4) is 0 Å². The lowest BCUT2D eigenvalue weighted by Gasteiger charge is -2.34. The summed E-state index contributed by atoms with van der Waals surface area (Å²) >= 11 is 12.5. The Morgan fingerprint density at radius 1 is 0.830 bits per heavy atom. The Kier molecular flexibility index (Phi) is 12.5. The number of benzene rings is 4. The van der Waals surface area contributed by atoms with Crippen molar-refractivity contribution in [1.29, 1.82) is 0 Å². The third-order valence-corrected chi connectivity index (χ3v) is 9.94. The summed E-state index contributed by atoms with van der Waals surface area (Å²) < 4.78 is 40.5. The monoisotopic (exact) mass is 697 g/mol. The topological polar surface area (TPSA) is 105 Å². The van der Waals surface area contributed by atoms with Crippen LogP contribution >= 0.6 is 23.2 Å². The number of halogens is 2. The summed E-state index contributed by atoms with van der Waals surface area (Å²) in [4.78, 5) is 29.8. The molecule has 4 rings (SSSR count). The van der Waals surface area contributed by atoms with Gasteiger partial charge in [-0.25, -0.2) is 8.42 Å². The zero-order valence-corrected chi connectivity index (χ0v) is 28.7. The van der Waals surface area contributed by atoms with Gasteiger partial charge in [0.1, 0.15) is 24.1 Å². The third kappa shape index (κ3) is 8.97. The second-order valence-electron chi connectivity index (χ2n) is 10.6. The maximum atomic E-state index is 14.6. The minimum absolute atomic E-state index is 0.0322. The molecular formula is C35H37Cl2N3O6S. The van der Waals surface area contributed by atoms with Crippen LogP contribution in [-0.2, 0) is 32.6 Å². The minimum atomic E-state index is -4.33. The number of nitrogens with one attached hydrogen (secondary N) is 1. The van der Waals surface area contributed by atoms with Gasteiger partial charge >= 0.3 is 0 Å². The molecule has 0 radical (unpaired) electrons. The van der Waals surface area contributed by atoms with E-state index >= 15 is 0 Å². The van der Waals surface area contributed by atoms with Gasteiger partial charge in [0.05, 0.1) is 34.8 Å². The van der Waals surface area contributed by atoms with Crippen LogP contribution in [0, 0.1) is 0 Å². The summed E-state index contributed by atoms with van der Waals surface area (Å²) in [5, 5.41) is 3.53. The molecule has 0 saturated heterocycles. The molecule has 1 N–H and O–H groups in total. The number of hydrogen-bond acceptors (Lipinski definition) is 6. The predicted octanol–water partition coefficient (Wildman–Crippen LogP) is 6.37. The SMILES string of the molecule is CCCNC(=O)[C@H](Cc1ccccc1)N(Cc1ccc(Cl)c(Cl)c1)C(=O)CN(c1cc(OC)ccc1OC)S(=O)(=O)c1ccccc1. The highest BCUT2D eigenvalue weighted by Gasteiger charge is 2.35. The largest absolute Gasteiger partial charge is 0.497 e. The van der Waals surface area contributed by atoms with Crippen LogP contribution < -0.4 is 19.1 Å². The Hall–Kier alpha value is -4.25. The zero-order valence-electron chi connectivity index (χ0n) is 26.4. The molecule has 4 aromatic rings. The van der Waals surface area contributed by atoms with Gasteiger partial charge in [0.25, 0.3) is 10.0 Å². The fraction of sp³-hybridized carbons (Fsp3) is 0.257. The Labute approximate surface area is 286 Å². The molecule has 0 saturated carbocycles. The normalized spacial score (nSPS) is 11.8. The van der Waals surface area contributed by atoms with Crippen molar-refractivity contribution in [3.05, 3.63) is 118 Å². The number of ether oxygens (including phenoxy) is 2. The van der Waals surface area contributed by atoms with E-state index in [1.165, 1.54) is 37.3 Å². The van der Waals surface area contributed by atoms with E-state index in [2.05, 4.69) is 5.32 Å². The molecule has 9 nitrogen and oxygen atoms in total. The van der Waals surface area contributed by atoms with E-state index in [1.54, 1.807) is 48.5 Å². The Morgan fingerprint density at radius 2 is 1.51 bits per heavy atom. The maximum Gasteiger partial charge on any atom is 0.264 e. The lowest BCUT2D eigenvalue weighted by atomic mass is 10.0. The first-order chi connectivity index (χ1) is 22.6. The van der Waals surface area contributed by atoms with Gasteiger partial charge in [0.15, 0.2) is 0 Å². The number of nitrogens with zero attached hydrogens (tertiary/aromatic N) is 2. The molecule has 0 aliphatic rings. The van der Waals surface area contributed by atoms with E-state index < -0.39 is 28.5 Å². The van der Waals surface area contributed by atoms with Crippen molar-refractivity contribution in [2.75, 3.05) is 31.6 Å². The van der Waals surface area contributed by atoms with E-state index in [1.807, 2.05) is 37.3 Å². The van der Waals surface area contributed by atoms with E-state index in [0.29, 0.717) is 29.3 Å². The number of rotatable bonds is 15. The highest BCUT2D eigenvalue weighted by atomic mass is 35.5. The van der Waals surface area contributed by atoms with Gasteiger partial charge < -0.3 is 19.7 Å². The molecule has 0 unspecified atom stereocenters. The first-order valence-corrected chi connectivity index (χ1v) is 17.1. The second kappa shape index (κ2) is 16.5. The minimum Gasteiger partial charge on any atom is -0.497 e. The number of amides is 2. The first kappa shape index (κ1) is 35.6. The molecule has 248 valence electrons. The molecule has 0 bridgehead atoms. The zero-order chi connectivity index (χ0) is 34.0. The van der Waals surface area contributed by atoms with Crippen molar-refractivity contribution >= 4 is 50.7 Å². The average molecular weight is 699 g/mol. The average Bonchev–Trinajstić information content (AvgIpc) is 3.09. The smallest absolute Gasteiger partial charge is 0.264 e. The van der Waals surface area contributed by atoms with Crippen LogP contribution in [0.4, 0.5) is 5.69 Å². The van der Waals surface area contributed by atoms with Gasteiger partial charge in [-0.2, -0.15) is 0 Å². The Balaban J connectivity index is 1.86. The number of anilines is 1. The van der Waals surface area contributed by atoms with Crippen molar-refractivity contribution in [2.45, 2.75) is 37.2 Å². The predicted molar refractivity (Wildman–Crippen MR) is 185 cm³/mol. The van der Waals surface area contributed by atoms with E-state index in [9.17, 15) is 18.0 Å². The quantitative estimate of drug-likeness (QED) is 0.155. The van der Waals surface area contributed by atoms with Crippen LogP contribution in [0.5, 0.6) is 11.5 Å². The van der Waals surface area contributed by atoms with Gasteiger partial charge in [0, 0.05) is 25.6 Å². The second-order valence-corrected chi connectivity index (χ2v) is 13.3. The standard InChI is InChI=1S/C35H37Cl2N3O6S/c1-4-19-38-35(42)32(21-25-11-7-5-8-12-25)39(23-26-15-17-29(36)30(37)20-26)34(41)24-40(47(43,44)28-13-9-6-10-14-28)31-22-27(45-2)16-18-33(31)46-3/h5-18,20,22,32H,4,19,21,23-24H2,1-3H3,(H,38,42)/t32-/m0/s1. The van der Waals surface area contributed by atoms with Crippen molar-refractivity contribution in [3.63, 3.8) is 0 Å². The molecule has 0 spiro atoms. The lowest BCUT2D eigenvalue weighted by molar-refractivity contribution is -0.140. The van der Waals surface area contributed by atoms with Crippen LogP contribution in [0.15, 0.2) is 102 Å². The molecule has 2 amide bonds. The number of sulfonamides is 1. The number of methoxy groups -OCH3 is 2. The number of carbonyl (C=O) groups excluding carboxylic acids is 2. The van der Waals surface area contributed by atoms with E-state index in [4.69, 9.17) is 32.7 Å². The summed E-state index contributed by atoms with van der Waals surface area (Å²) in [6.45, 7) is 1.61. The van der Waals surface area contributed by atoms with E-state index in [-0.39, 0.29) is 40.2 Å². The van der Waals surface area contributed by atoms with Crippen molar-refractivity contribution in [1.82, 2.24) is 10.2 Å². The van der Waals surface area contributed by atoms with Crippen LogP contribution in [0.2, 0.25) is 10.0 Å². The molecule has 0 fully saturated rings. The lowest BCUT2D eigenvalue weighted by Crippen LogP contribution is -2.53. The fourth-order valence-corrected chi connectivity index (χ4v) is 6.74. The molecule has 47 heavy (non-hydrogen) atoms. The highest BCUT2D eigenvalue weighted by Crippen LogP contribution is 2.36. The highest BCUT2D eigenvalue weighted by molar-refractivity contribution is 7.92. The van der Waals surface area contributed by atoms with Crippen LogP contribution in [0.1, 0.15) is 24.5 Å². The Bertz CT molecular complexity index is 1780. The molecule has 4 aromatic carbocycles. The summed E-state index contributed by atoms with van der Waals surface area (Å²) in [5.74, 6) is -0.445. The molecule has 0 heterocycles. The van der Waals surface area contributed by atoms with Gasteiger partial charge in [-0.1, -0.05) is 84.7 Å².